The fraction of sp³-hybridized carbons (Fsp3) is 0.667. The van der Waals surface area contributed by atoms with Gasteiger partial charge in [-0.25, -0.2) is 9.59 Å². The molecule has 1 fully saturated rings. The van der Waals surface area contributed by atoms with Gasteiger partial charge in [0.1, 0.15) is 6.10 Å². The number of esters is 1. The van der Waals surface area contributed by atoms with Crippen molar-refractivity contribution in [3.05, 3.63) is 0 Å². The summed E-state index contributed by atoms with van der Waals surface area (Å²) < 4.78 is 4.24. The number of carboxylic acid groups (broad SMARTS) is 1. The molecule has 4 atom stereocenters. The summed E-state index contributed by atoms with van der Waals surface area (Å²) in [4.78, 5) is 20.8. The van der Waals surface area contributed by atoms with E-state index in [1.54, 1.807) is 0 Å². The second-order valence-corrected chi connectivity index (χ2v) is 2.62. The summed E-state index contributed by atoms with van der Waals surface area (Å²) in [6, 6.07) is 0. The molecule has 78 valence electrons. The summed E-state index contributed by atoms with van der Waals surface area (Å²) in [5, 5.41) is 35.0. The van der Waals surface area contributed by atoms with Gasteiger partial charge in [0.05, 0.1) is 0 Å². The number of carboxylic acids is 1. The van der Waals surface area contributed by atoms with Crippen molar-refractivity contribution in [1.29, 1.82) is 0 Å². The van der Waals surface area contributed by atoms with Crippen LogP contribution in [0, 0.1) is 0 Å². The SMILES string of the molecule is O=C(O)C(O)[C@H]1OC(=O)[C@@H](O)[C@H]1O.[CaH2]. The second kappa shape index (κ2) is 5.24. The summed E-state index contributed by atoms with van der Waals surface area (Å²) >= 11 is 0. The third-order valence-electron chi connectivity index (χ3n) is 1.72. The predicted octanol–water partition coefficient (Wildman–Crippen LogP) is -3.84. The van der Waals surface area contributed by atoms with Gasteiger partial charge in [-0.1, -0.05) is 0 Å². The minimum absolute atomic E-state index is 0. The van der Waals surface area contributed by atoms with E-state index in [-0.39, 0.29) is 37.7 Å². The zero-order valence-corrected chi connectivity index (χ0v) is 6.32. The molecule has 0 amide bonds. The number of carbonyl (C=O) groups excluding carboxylic acids is 1. The Kier molecular flexibility index (Phi) is 5.27. The van der Waals surface area contributed by atoms with E-state index < -0.39 is 36.4 Å². The Morgan fingerprint density at radius 1 is 1.43 bits per heavy atom. The van der Waals surface area contributed by atoms with Crippen molar-refractivity contribution in [3.63, 3.8) is 0 Å². The van der Waals surface area contributed by atoms with Gasteiger partial charge >= 0.3 is 49.7 Å². The van der Waals surface area contributed by atoms with Crippen molar-refractivity contribution in [2.75, 3.05) is 0 Å². The van der Waals surface area contributed by atoms with Gasteiger partial charge < -0.3 is 25.2 Å². The summed E-state index contributed by atoms with van der Waals surface area (Å²) in [6.07, 6.45) is -7.14. The van der Waals surface area contributed by atoms with E-state index in [9.17, 15) is 9.59 Å². The fourth-order valence-electron chi connectivity index (χ4n) is 0.984. The molecule has 0 bridgehead atoms. The zero-order valence-electron chi connectivity index (χ0n) is 6.32. The molecule has 0 radical (unpaired) electrons. The van der Waals surface area contributed by atoms with Crippen LogP contribution < -0.4 is 0 Å². The Balaban J connectivity index is 0.00000169. The second-order valence-electron chi connectivity index (χ2n) is 2.62. The van der Waals surface area contributed by atoms with Crippen LogP contribution in [0.3, 0.4) is 0 Å². The minimum atomic E-state index is -2.03. The number of rotatable bonds is 2. The quantitative estimate of drug-likeness (QED) is 0.285. The first-order chi connectivity index (χ1) is 5.95. The van der Waals surface area contributed by atoms with Crippen LogP contribution in [0.4, 0.5) is 0 Å². The molecule has 8 heteroatoms. The van der Waals surface area contributed by atoms with E-state index in [2.05, 4.69) is 4.74 Å². The number of hydrogen-bond acceptors (Lipinski definition) is 6. The van der Waals surface area contributed by atoms with Gasteiger partial charge in [0, 0.05) is 0 Å². The van der Waals surface area contributed by atoms with Gasteiger partial charge in [0.25, 0.3) is 0 Å². The average Bonchev–Trinajstić information content (AvgIpc) is 2.31. The van der Waals surface area contributed by atoms with E-state index in [1.165, 1.54) is 0 Å². The van der Waals surface area contributed by atoms with Crippen LogP contribution in [-0.4, -0.2) is 94.5 Å². The third-order valence-corrected chi connectivity index (χ3v) is 1.72. The Morgan fingerprint density at radius 2 is 1.93 bits per heavy atom. The van der Waals surface area contributed by atoms with E-state index in [0.29, 0.717) is 0 Å². The Hall–Kier alpha value is 0.0797. The molecule has 0 aliphatic carbocycles. The first-order valence-electron chi connectivity index (χ1n) is 3.42. The van der Waals surface area contributed by atoms with Crippen molar-refractivity contribution in [2.45, 2.75) is 24.4 Å². The molecule has 1 unspecified atom stereocenters. The van der Waals surface area contributed by atoms with Gasteiger partial charge in [0.2, 0.25) is 0 Å². The number of aliphatic carboxylic acids is 1. The summed E-state index contributed by atoms with van der Waals surface area (Å²) in [6.45, 7) is 0. The average molecular weight is 234 g/mol. The van der Waals surface area contributed by atoms with Crippen LogP contribution in [0.5, 0.6) is 0 Å². The van der Waals surface area contributed by atoms with E-state index >= 15 is 0 Å². The molecule has 1 aliphatic rings. The summed E-state index contributed by atoms with van der Waals surface area (Å²) in [5.41, 5.74) is 0. The number of aliphatic hydroxyl groups is 3. The Labute approximate surface area is 108 Å². The molecule has 1 rings (SSSR count). The fourth-order valence-corrected chi connectivity index (χ4v) is 0.984. The van der Waals surface area contributed by atoms with Crippen molar-refractivity contribution in [2.24, 2.45) is 0 Å². The summed E-state index contributed by atoms with van der Waals surface area (Å²) in [7, 11) is 0. The molecule has 7 nitrogen and oxygen atoms in total. The van der Waals surface area contributed by atoms with Gasteiger partial charge in [-0.2, -0.15) is 0 Å². The van der Waals surface area contributed by atoms with Crippen LogP contribution in [0.2, 0.25) is 0 Å². The zero-order chi connectivity index (χ0) is 10.2. The molecular formula is C6H10CaO7. The molecule has 0 aromatic heterocycles. The van der Waals surface area contributed by atoms with Crippen molar-refractivity contribution in [3.8, 4) is 0 Å². The van der Waals surface area contributed by atoms with Gasteiger partial charge in [-0.15, -0.1) is 0 Å². The third kappa shape index (κ3) is 2.56. The summed E-state index contributed by atoms with van der Waals surface area (Å²) in [5.74, 6) is -2.77. The molecular weight excluding hydrogens is 224 g/mol. The number of aliphatic hydroxyl groups excluding tert-OH is 3. The van der Waals surface area contributed by atoms with Gasteiger partial charge in [-0.05, 0) is 0 Å². The molecule has 4 N–H and O–H groups in total. The first kappa shape index (κ1) is 14.1. The standard InChI is InChI=1S/C6H8O7.Ca.2H/c7-1-2(8)6(12)13-4(1)3(9)5(10)11;;;/h1-4,7-9H,(H,10,11);;;/t1-,2+,3?,4+;;;/m1.../s1. The van der Waals surface area contributed by atoms with Crippen LogP contribution in [0.1, 0.15) is 0 Å². The molecule has 14 heavy (non-hydrogen) atoms. The maximum atomic E-state index is 10.6. The number of cyclic esters (lactones) is 1. The van der Waals surface area contributed by atoms with E-state index in [4.69, 9.17) is 20.4 Å². The molecule has 0 aromatic carbocycles. The van der Waals surface area contributed by atoms with Gasteiger partial charge in [0.15, 0.2) is 18.3 Å². The van der Waals surface area contributed by atoms with Crippen molar-refractivity contribution >= 4 is 49.7 Å². The molecule has 0 spiro atoms. The monoisotopic (exact) mass is 234 g/mol. The normalized spacial score (nSPS) is 33.1. The number of hydrogen-bond donors (Lipinski definition) is 4. The van der Waals surface area contributed by atoms with Crippen LogP contribution in [-0.2, 0) is 14.3 Å². The van der Waals surface area contributed by atoms with E-state index in [1.807, 2.05) is 0 Å². The first-order valence-corrected chi connectivity index (χ1v) is 3.42. The number of carbonyl (C=O) groups is 2. The van der Waals surface area contributed by atoms with Crippen molar-refractivity contribution < 1.29 is 34.8 Å². The van der Waals surface area contributed by atoms with Crippen LogP contribution >= 0.6 is 0 Å². The van der Waals surface area contributed by atoms with Crippen LogP contribution in [0.15, 0.2) is 0 Å². The molecule has 1 aliphatic heterocycles. The van der Waals surface area contributed by atoms with Crippen molar-refractivity contribution in [1.82, 2.24) is 0 Å². The van der Waals surface area contributed by atoms with Gasteiger partial charge in [-0.3, -0.25) is 0 Å². The molecule has 0 aromatic rings. The Bertz CT molecular complexity index is 242. The maximum absolute atomic E-state index is 10.6. The molecule has 0 saturated carbocycles. The topological polar surface area (TPSA) is 124 Å². The van der Waals surface area contributed by atoms with Crippen LogP contribution in [0.25, 0.3) is 0 Å². The Morgan fingerprint density at radius 3 is 2.21 bits per heavy atom. The molecule has 1 heterocycles. The predicted molar refractivity (Wildman–Crippen MR) is 44.1 cm³/mol. The number of ether oxygens (including phenoxy) is 1. The van der Waals surface area contributed by atoms with E-state index in [0.717, 1.165) is 0 Å². The molecule has 1 saturated heterocycles.